The number of benzene rings is 3. The van der Waals surface area contributed by atoms with Crippen LogP contribution in [0.1, 0.15) is 31.7 Å². The minimum atomic E-state index is -0.206. The van der Waals surface area contributed by atoms with Crippen molar-refractivity contribution in [3.63, 3.8) is 0 Å². The van der Waals surface area contributed by atoms with Crippen LogP contribution in [0.5, 0.6) is 5.75 Å². The van der Waals surface area contributed by atoms with E-state index in [1.54, 1.807) is 0 Å². The molecule has 0 spiro atoms. The summed E-state index contributed by atoms with van der Waals surface area (Å²) in [7, 11) is 0. The molecule has 30 heavy (non-hydrogen) atoms. The zero-order valence-corrected chi connectivity index (χ0v) is 17.2. The van der Waals surface area contributed by atoms with Gasteiger partial charge >= 0.3 is 0 Å². The van der Waals surface area contributed by atoms with Gasteiger partial charge in [0.15, 0.2) is 6.61 Å². The highest BCUT2D eigenvalue weighted by Crippen LogP contribution is 2.24. The number of imidazole rings is 1. The van der Waals surface area contributed by atoms with E-state index < -0.39 is 0 Å². The van der Waals surface area contributed by atoms with E-state index in [1.165, 1.54) is 5.56 Å². The third kappa shape index (κ3) is 4.51. The Balaban J connectivity index is 1.38. The molecule has 1 unspecified atom stereocenters. The number of rotatable bonds is 7. The Hall–Kier alpha value is -3.60. The number of aromatic nitrogens is 2. The van der Waals surface area contributed by atoms with Crippen molar-refractivity contribution >= 4 is 22.6 Å². The zero-order chi connectivity index (χ0) is 20.9. The number of aromatic amines is 1. The number of ether oxygens (including phenoxy) is 1. The number of para-hydroxylation sites is 2. The summed E-state index contributed by atoms with van der Waals surface area (Å²) in [4.78, 5) is 20.3. The van der Waals surface area contributed by atoms with Gasteiger partial charge in [-0.3, -0.25) is 4.79 Å². The van der Waals surface area contributed by atoms with Crippen LogP contribution in [-0.4, -0.2) is 22.5 Å². The Kier molecular flexibility index (Phi) is 5.80. The number of anilines is 1. The van der Waals surface area contributed by atoms with Crippen LogP contribution >= 0.6 is 0 Å². The van der Waals surface area contributed by atoms with Gasteiger partial charge in [-0.2, -0.15) is 0 Å². The van der Waals surface area contributed by atoms with Gasteiger partial charge in [-0.15, -0.1) is 0 Å². The summed E-state index contributed by atoms with van der Waals surface area (Å²) >= 11 is 0. The summed E-state index contributed by atoms with van der Waals surface area (Å²) in [5, 5.41) is 2.89. The molecule has 1 amide bonds. The number of carbonyl (C=O) groups is 1. The predicted molar refractivity (Wildman–Crippen MR) is 121 cm³/mol. The van der Waals surface area contributed by atoms with Crippen LogP contribution in [-0.2, 0) is 4.79 Å². The first-order valence-electron chi connectivity index (χ1n) is 10.2. The number of amides is 1. The third-order valence-corrected chi connectivity index (χ3v) is 5.24. The molecule has 0 radical (unpaired) electrons. The van der Waals surface area contributed by atoms with E-state index in [0.29, 0.717) is 17.4 Å². The van der Waals surface area contributed by atoms with Crippen LogP contribution in [0.4, 0.5) is 5.69 Å². The van der Waals surface area contributed by atoms with Gasteiger partial charge in [0.25, 0.3) is 5.91 Å². The second kappa shape index (κ2) is 8.82. The fraction of sp³-hybridized carbons (Fsp3) is 0.200. The van der Waals surface area contributed by atoms with E-state index in [9.17, 15) is 4.79 Å². The summed E-state index contributed by atoms with van der Waals surface area (Å²) in [5.74, 6) is 1.77. The molecule has 2 N–H and O–H groups in total. The van der Waals surface area contributed by atoms with Crippen molar-refractivity contribution < 1.29 is 9.53 Å². The first kappa shape index (κ1) is 19.7. The Labute approximate surface area is 176 Å². The van der Waals surface area contributed by atoms with Gasteiger partial charge in [-0.25, -0.2) is 4.98 Å². The second-order valence-electron chi connectivity index (χ2n) is 7.40. The maximum atomic E-state index is 12.3. The minimum Gasteiger partial charge on any atom is -0.484 e. The van der Waals surface area contributed by atoms with Crippen molar-refractivity contribution in [2.45, 2.75) is 26.2 Å². The maximum Gasteiger partial charge on any atom is 0.262 e. The van der Waals surface area contributed by atoms with E-state index in [0.717, 1.165) is 28.8 Å². The molecule has 5 heteroatoms. The highest BCUT2D eigenvalue weighted by Gasteiger charge is 2.09. The van der Waals surface area contributed by atoms with E-state index in [2.05, 4.69) is 41.3 Å². The minimum absolute atomic E-state index is 0.0441. The van der Waals surface area contributed by atoms with Crippen molar-refractivity contribution in [3.8, 4) is 17.1 Å². The Morgan fingerprint density at radius 1 is 1.07 bits per heavy atom. The molecule has 0 aliphatic carbocycles. The fourth-order valence-electron chi connectivity index (χ4n) is 3.31. The van der Waals surface area contributed by atoms with Crippen LogP contribution in [0.2, 0.25) is 0 Å². The Morgan fingerprint density at radius 2 is 1.87 bits per heavy atom. The zero-order valence-electron chi connectivity index (χ0n) is 17.2. The second-order valence-corrected chi connectivity index (χ2v) is 7.40. The number of H-pyrrole nitrogens is 1. The molecule has 5 nitrogen and oxygen atoms in total. The van der Waals surface area contributed by atoms with Gasteiger partial charge in [-0.1, -0.05) is 50.2 Å². The molecule has 0 aliphatic heterocycles. The lowest BCUT2D eigenvalue weighted by Crippen LogP contribution is -2.20. The summed E-state index contributed by atoms with van der Waals surface area (Å²) in [6.45, 7) is 4.32. The summed E-state index contributed by atoms with van der Waals surface area (Å²) < 4.78 is 5.63. The lowest BCUT2D eigenvalue weighted by Gasteiger charge is -2.11. The molecule has 4 rings (SSSR count). The molecule has 3 aromatic carbocycles. The molecule has 1 aromatic heterocycles. The average Bonchev–Trinajstić information content (AvgIpc) is 3.22. The number of nitrogens with zero attached hydrogens (tertiary/aromatic N) is 1. The number of nitrogens with one attached hydrogen (secondary N) is 2. The van der Waals surface area contributed by atoms with Crippen molar-refractivity contribution in [1.82, 2.24) is 9.97 Å². The lowest BCUT2D eigenvalue weighted by atomic mass is 9.99. The van der Waals surface area contributed by atoms with Crippen LogP contribution in [0, 0.1) is 0 Å². The standard InChI is InChI=1S/C25H25N3O2/c1-3-17(2)18-11-13-21(14-12-18)30-16-24(29)26-20-8-6-7-19(15-20)25-27-22-9-4-5-10-23(22)28-25/h4-15,17H,3,16H2,1-2H3,(H,26,29)(H,27,28). The van der Waals surface area contributed by atoms with Crippen LogP contribution in [0.25, 0.3) is 22.4 Å². The predicted octanol–water partition coefficient (Wildman–Crippen LogP) is 5.76. The normalized spacial score (nSPS) is 11.9. The molecule has 0 aliphatic rings. The first-order chi connectivity index (χ1) is 14.6. The van der Waals surface area contributed by atoms with Gasteiger partial charge in [0.05, 0.1) is 11.0 Å². The maximum absolute atomic E-state index is 12.3. The van der Waals surface area contributed by atoms with Crippen molar-refractivity contribution in [1.29, 1.82) is 0 Å². The molecule has 0 saturated carbocycles. The lowest BCUT2D eigenvalue weighted by molar-refractivity contribution is -0.118. The Bertz CT molecular complexity index is 1120. The number of hydrogen-bond donors (Lipinski definition) is 2. The number of fused-ring (bicyclic) bond motifs is 1. The van der Waals surface area contributed by atoms with Crippen LogP contribution < -0.4 is 10.1 Å². The first-order valence-corrected chi connectivity index (χ1v) is 10.2. The molecule has 1 heterocycles. The van der Waals surface area contributed by atoms with Crippen LogP contribution in [0.15, 0.2) is 72.8 Å². The van der Waals surface area contributed by atoms with Crippen LogP contribution in [0.3, 0.4) is 0 Å². The van der Waals surface area contributed by atoms with Crippen molar-refractivity contribution in [2.24, 2.45) is 0 Å². The molecular formula is C25H25N3O2. The van der Waals surface area contributed by atoms with Crippen molar-refractivity contribution in [2.75, 3.05) is 11.9 Å². The largest absolute Gasteiger partial charge is 0.484 e. The quantitative estimate of drug-likeness (QED) is 0.415. The molecule has 1 atom stereocenters. The van der Waals surface area contributed by atoms with E-state index in [4.69, 9.17) is 4.74 Å². The van der Waals surface area contributed by atoms with Crippen molar-refractivity contribution in [3.05, 3.63) is 78.4 Å². The smallest absolute Gasteiger partial charge is 0.262 e. The summed E-state index contributed by atoms with van der Waals surface area (Å²) in [6, 6.07) is 23.4. The number of hydrogen-bond acceptors (Lipinski definition) is 3. The topological polar surface area (TPSA) is 67.0 Å². The van der Waals surface area contributed by atoms with E-state index in [1.807, 2.05) is 60.7 Å². The third-order valence-electron chi connectivity index (χ3n) is 5.24. The summed E-state index contributed by atoms with van der Waals surface area (Å²) in [5.41, 5.74) is 4.78. The average molecular weight is 399 g/mol. The molecule has 0 bridgehead atoms. The molecule has 0 fully saturated rings. The van der Waals surface area contributed by atoms with E-state index in [-0.39, 0.29) is 12.5 Å². The molecule has 4 aromatic rings. The molecule has 152 valence electrons. The van der Waals surface area contributed by atoms with E-state index >= 15 is 0 Å². The summed E-state index contributed by atoms with van der Waals surface area (Å²) in [6.07, 6.45) is 1.09. The molecule has 0 saturated heterocycles. The SMILES string of the molecule is CCC(C)c1ccc(OCC(=O)Nc2cccc(-c3nc4ccccc4[nH]3)c2)cc1. The van der Waals surface area contributed by atoms with Gasteiger partial charge < -0.3 is 15.0 Å². The van der Waals surface area contributed by atoms with Gasteiger partial charge in [0.2, 0.25) is 0 Å². The van der Waals surface area contributed by atoms with Gasteiger partial charge in [0, 0.05) is 11.3 Å². The van der Waals surface area contributed by atoms with Gasteiger partial charge in [-0.05, 0) is 54.3 Å². The number of carbonyl (C=O) groups excluding carboxylic acids is 1. The van der Waals surface area contributed by atoms with Gasteiger partial charge in [0.1, 0.15) is 11.6 Å². The fourth-order valence-corrected chi connectivity index (χ4v) is 3.31. The highest BCUT2D eigenvalue weighted by atomic mass is 16.5. The molecular weight excluding hydrogens is 374 g/mol. The monoisotopic (exact) mass is 399 g/mol. The highest BCUT2D eigenvalue weighted by molar-refractivity contribution is 5.92. The Morgan fingerprint density at radius 3 is 2.63 bits per heavy atom.